The third kappa shape index (κ3) is 3.93. The zero-order valence-electron chi connectivity index (χ0n) is 9.91. The fourth-order valence-electron chi connectivity index (χ4n) is 1.64. The Balaban J connectivity index is 2.02. The monoisotopic (exact) mass is 343 g/mol. The summed E-state index contributed by atoms with van der Waals surface area (Å²) in [6.45, 7) is 0.217. The Morgan fingerprint density at radius 3 is 2.58 bits per heavy atom. The van der Waals surface area contributed by atoms with Gasteiger partial charge in [0.2, 0.25) is 0 Å². The number of rotatable bonds is 4. The van der Waals surface area contributed by atoms with Gasteiger partial charge in [0, 0.05) is 16.0 Å². The Morgan fingerprint density at radius 1 is 1.21 bits per heavy atom. The van der Waals surface area contributed by atoms with Crippen LogP contribution in [-0.4, -0.2) is 11.7 Å². The first-order chi connectivity index (χ1) is 9.06. The Bertz CT molecular complexity index is 562. The van der Waals surface area contributed by atoms with Gasteiger partial charge in [0.05, 0.1) is 11.8 Å². The number of hydrogen-bond donors (Lipinski definition) is 2. The lowest BCUT2D eigenvalue weighted by molar-refractivity contribution is 0.191. The van der Waals surface area contributed by atoms with Crippen LogP contribution >= 0.6 is 27.5 Å². The van der Waals surface area contributed by atoms with E-state index in [1.54, 1.807) is 36.4 Å². The minimum atomic E-state index is -0.726. The lowest BCUT2D eigenvalue weighted by Gasteiger charge is -2.14. The molecule has 2 N–H and O–H groups in total. The zero-order valence-corrected chi connectivity index (χ0v) is 12.2. The Labute approximate surface area is 124 Å². The van der Waals surface area contributed by atoms with E-state index in [-0.39, 0.29) is 12.4 Å². The van der Waals surface area contributed by atoms with Crippen molar-refractivity contribution < 1.29 is 9.50 Å². The first-order valence-corrected chi connectivity index (χ1v) is 6.86. The quantitative estimate of drug-likeness (QED) is 0.862. The summed E-state index contributed by atoms with van der Waals surface area (Å²) in [6, 6.07) is 11.5. The van der Waals surface area contributed by atoms with E-state index in [0.29, 0.717) is 10.7 Å². The summed E-state index contributed by atoms with van der Waals surface area (Å²) in [5.74, 6) is -0.355. The van der Waals surface area contributed by atoms with E-state index in [1.807, 2.05) is 0 Å². The molecule has 2 aromatic rings. The van der Waals surface area contributed by atoms with Gasteiger partial charge < -0.3 is 10.4 Å². The normalized spacial score (nSPS) is 12.2. The Hall–Kier alpha value is -1.10. The highest BCUT2D eigenvalue weighted by molar-refractivity contribution is 9.10. The second kappa shape index (κ2) is 6.37. The molecule has 0 aliphatic heterocycles. The molecule has 0 fully saturated rings. The second-order valence-electron chi connectivity index (χ2n) is 4.07. The number of halogens is 3. The minimum Gasteiger partial charge on any atom is -0.387 e. The molecule has 2 rings (SSSR count). The van der Waals surface area contributed by atoms with Crippen LogP contribution in [0.1, 0.15) is 11.7 Å². The number of aliphatic hydroxyl groups excluding tert-OH is 1. The molecule has 0 bridgehead atoms. The average Bonchev–Trinajstić information content (AvgIpc) is 2.40. The molecule has 1 atom stereocenters. The lowest BCUT2D eigenvalue weighted by atomic mass is 10.1. The highest BCUT2D eigenvalue weighted by Crippen LogP contribution is 2.22. The van der Waals surface area contributed by atoms with Gasteiger partial charge >= 0.3 is 0 Å². The van der Waals surface area contributed by atoms with Gasteiger partial charge in [-0.2, -0.15) is 0 Å². The maximum absolute atomic E-state index is 13.5. The first kappa shape index (κ1) is 14.3. The van der Waals surface area contributed by atoms with E-state index >= 15 is 0 Å². The van der Waals surface area contributed by atoms with Gasteiger partial charge in [0.15, 0.2) is 0 Å². The molecule has 1 unspecified atom stereocenters. The van der Waals surface area contributed by atoms with E-state index in [2.05, 4.69) is 21.2 Å². The molecule has 0 saturated heterocycles. The molecule has 100 valence electrons. The predicted molar refractivity (Wildman–Crippen MR) is 79.0 cm³/mol. The van der Waals surface area contributed by atoms with Gasteiger partial charge in [-0.1, -0.05) is 39.7 Å². The Morgan fingerprint density at radius 2 is 1.89 bits per heavy atom. The fourth-order valence-corrected chi connectivity index (χ4v) is 2.13. The fraction of sp³-hybridized carbons (Fsp3) is 0.143. The van der Waals surface area contributed by atoms with Crippen molar-refractivity contribution in [2.45, 2.75) is 6.10 Å². The van der Waals surface area contributed by atoms with Crippen LogP contribution in [0.4, 0.5) is 10.1 Å². The molecular formula is C14H12BrClFNO. The van der Waals surface area contributed by atoms with Gasteiger partial charge in [-0.3, -0.25) is 0 Å². The molecule has 0 aliphatic carbocycles. The van der Waals surface area contributed by atoms with Crippen LogP contribution in [0, 0.1) is 5.82 Å². The first-order valence-electron chi connectivity index (χ1n) is 5.69. The van der Waals surface area contributed by atoms with Crippen molar-refractivity contribution in [1.29, 1.82) is 0 Å². The number of hydrogen-bond acceptors (Lipinski definition) is 2. The van der Waals surface area contributed by atoms with Crippen molar-refractivity contribution in [1.82, 2.24) is 0 Å². The number of benzene rings is 2. The molecule has 0 saturated carbocycles. The van der Waals surface area contributed by atoms with Crippen LogP contribution in [0.25, 0.3) is 0 Å². The summed E-state index contributed by atoms with van der Waals surface area (Å²) in [5.41, 5.74) is 1.08. The highest BCUT2D eigenvalue weighted by atomic mass is 79.9. The minimum absolute atomic E-state index is 0.217. The molecule has 0 aromatic heterocycles. The van der Waals surface area contributed by atoms with Gasteiger partial charge in [0.1, 0.15) is 5.82 Å². The number of aliphatic hydroxyl groups is 1. The molecule has 0 radical (unpaired) electrons. The molecule has 19 heavy (non-hydrogen) atoms. The summed E-state index contributed by atoms with van der Waals surface area (Å²) in [7, 11) is 0. The molecule has 2 nitrogen and oxygen atoms in total. The van der Waals surface area contributed by atoms with Gasteiger partial charge in [-0.15, -0.1) is 0 Å². The van der Waals surface area contributed by atoms with E-state index in [4.69, 9.17) is 11.6 Å². The molecule has 0 heterocycles. The van der Waals surface area contributed by atoms with Crippen molar-refractivity contribution in [3.63, 3.8) is 0 Å². The Kier molecular flexibility index (Phi) is 4.80. The molecular weight excluding hydrogens is 333 g/mol. The van der Waals surface area contributed by atoms with E-state index in [1.165, 1.54) is 6.07 Å². The smallest absolute Gasteiger partial charge is 0.146 e. The predicted octanol–water partition coefficient (Wildman–Crippen LogP) is 4.39. The standard InChI is InChI=1S/C14H12BrClFNO/c15-10-3-6-12(17)13(7-10)18-8-14(19)9-1-4-11(16)5-2-9/h1-7,14,18-19H,8H2. The molecule has 5 heteroatoms. The van der Waals surface area contributed by atoms with Crippen molar-refractivity contribution in [3.05, 3.63) is 63.3 Å². The van der Waals surface area contributed by atoms with Crippen LogP contribution in [0.3, 0.4) is 0 Å². The molecule has 2 aromatic carbocycles. The van der Waals surface area contributed by atoms with Crippen LogP contribution in [0.2, 0.25) is 5.02 Å². The summed E-state index contributed by atoms with van der Waals surface area (Å²) >= 11 is 9.05. The second-order valence-corrected chi connectivity index (χ2v) is 5.42. The van der Waals surface area contributed by atoms with E-state index < -0.39 is 6.10 Å². The van der Waals surface area contributed by atoms with Crippen LogP contribution in [-0.2, 0) is 0 Å². The molecule has 0 spiro atoms. The topological polar surface area (TPSA) is 32.3 Å². The van der Waals surface area contributed by atoms with E-state index in [9.17, 15) is 9.50 Å². The highest BCUT2D eigenvalue weighted by Gasteiger charge is 2.09. The van der Waals surface area contributed by atoms with Crippen LogP contribution in [0.15, 0.2) is 46.9 Å². The number of nitrogens with one attached hydrogen (secondary N) is 1. The molecule has 0 aliphatic rings. The van der Waals surface area contributed by atoms with Crippen LogP contribution < -0.4 is 5.32 Å². The van der Waals surface area contributed by atoms with Crippen LogP contribution in [0.5, 0.6) is 0 Å². The number of anilines is 1. The van der Waals surface area contributed by atoms with Gasteiger partial charge in [-0.25, -0.2) is 4.39 Å². The van der Waals surface area contributed by atoms with E-state index in [0.717, 1.165) is 10.0 Å². The summed E-state index contributed by atoms with van der Waals surface area (Å²) in [4.78, 5) is 0. The van der Waals surface area contributed by atoms with Crippen molar-refractivity contribution >= 4 is 33.2 Å². The lowest BCUT2D eigenvalue weighted by Crippen LogP contribution is -2.12. The van der Waals surface area contributed by atoms with Gasteiger partial charge in [-0.05, 0) is 35.9 Å². The maximum Gasteiger partial charge on any atom is 0.146 e. The summed E-state index contributed by atoms with van der Waals surface area (Å²) < 4.78 is 14.3. The zero-order chi connectivity index (χ0) is 13.8. The van der Waals surface area contributed by atoms with Crippen molar-refractivity contribution in [2.24, 2.45) is 0 Å². The van der Waals surface area contributed by atoms with Gasteiger partial charge in [0.25, 0.3) is 0 Å². The maximum atomic E-state index is 13.5. The largest absolute Gasteiger partial charge is 0.387 e. The third-order valence-corrected chi connectivity index (χ3v) is 3.41. The third-order valence-electron chi connectivity index (χ3n) is 2.67. The summed E-state index contributed by atoms with van der Waals surface area (Å²) in [6.07, 6.45) is -0.726. The SMILES string of the molecule is OC(CNc1cc(Br)ccc1F)c1ccc(Cl)cc1. The molecule has 0 amide bonds. The van der Waals surface area contributed by atoms with Crippen molar-refractivity contribution in [2.75, 3.05) is 11.9 Å². The summed E-state index contributed by atoms with van der Waals surface area (Å²) in [5, 5.41) is 13.5. The van der Waals surface area contributed by atoms with Crippen molar-refractivity contribution in [3.8, 4) is 0 Å². The average molecular weight is 345 g/mol.